The summed E-state index contributed by atoms with van der Waals surface area (Å²) in [4.78, 5) is 16.3. The Hall–Kier alpha value is -2.59. The van der Waals surface area contributed by atoms with Gasteiger partial charge in [-0.05, 0) is 42.8 Å². The van der Waals surface area contributed by atoms with E-state index in [-0.39, 0.29) is 5.56 Å². The molecule has 3 aromatic rings. The molecule has 5 heteroatoms. The summed E-state index contributed by atoms with van der Waals surface area (Å²) in [6, 6.07) is 12.3. The van der Waals surface area contributed by atoms with Crippen molar-refractivity contribution >= 4 is 28.5 Å². The molecule has 0 aliphatic rings. The Morgan fingerprint density at radius 1 is 1.22 bits per heavy atom. The van der Waals surface area contributed by atoms with Gasteiger partial charge in [-0.2, -0.15) is 0 Å². The fourth-order valence-corrected chi connectivity index (χ4v) is 2.90. The fourth-order valence-electron chi connectivity index (χ4n) is 2.63. The number of ether oxygens (including phenoxy) is 1. The first kappa shape index (κ1) is 15.3. The van der Waals surface area contributed by atoms with Crippen LogP contribution < -0.4 is 4.74 Å². The van der Waals surface area contributed by atoms with Gasteiger partial charge in [0.2, 0.25) is 0 Å². The van der Waals surface area contributed by atoms with Crippen molar-refractivity contribution in [3.05, 3.63) is 58.6 Å². The zero-order chi connectivity index (χ0) is 16.6. The number of nitrogens with zero attached hydrogens (tertiary/aromatic N) is 1. The van der Waals surface area contributed by atoms with Crippen LogP contribution in [-0.2, 0) is 0 Å². The smallest absolute Gasteiger partial charge is 0.336 e. The highest BCUT2D eigenvalue weighted by molar-refractivity contribution is 6.31. The fraction of sp³-hybridized carbons (Fsp3) is 0.111. The lowest BCUT2D eigenvalue weighted by molar-refractivity contribution is 0.0699. The molecule has 0 radical (unpaired) electrons. The number of rotatable bonds is 3. The van der Waals surface area contributed by atoms with Crippen LogP contribution in [0.2, 0.25) is 5.02 Å². The van der Waals surface area contributed by atoms with E-state index in [1.807, 2.05) is 31.2 Å². The molecule has 0 saturated carbocycles. The van der Waals surface area contributed by atoms with E-state index < -0.39 is 5.97 Å². The van der Waals surface area contributed by atoms with Gasteiger partial charge >= 0.3 is 5.97 Å². The van der Waals surface area contributed by atoms with Crippen molar-refractivity contribution in [2.24, 2.45) is 0 Å². The number of aromatic nitrogens is 1. The molecule has 1 heterocycles. The molecule has 0 bridgehead atoms. The molecule has 1 aromatic heterocycles. The summed E-state index contributed by atoms with van der Waals surface area (Å²) >= 11 is 6.06. The molecule has 0 aliphatic carbocycles. The van der Waals surface area contributed by atoms with Crippen LogP contribution in [0.3, 0.4) is 0 Å². The van der Waals surface area contributed by atoms with E-state index >= 15 is 0 Å². The van der Waals surface area contributed by atoms with Crippen molar-refractivity contribution in [2.75, 3.05) is 7.11 Å². The standard InChI is InChI=1S/C18H14ClNO3/c1-10-7-11(19)8-13-14(18(21)22)9-15(20-17(10)13)12-5-3-4-6-16(12)23-2/h3-9H,1-2H3,(H,21,22). The lowest BCUT2D eigenvalue weighted by Gasteiger charge is -2.12. The van der Waals surface area contributed by atoms with Gasteiger partial charge in [0.05, 0.1) is 23.9 Å². The van der Waals surface area contributed by atoms with Crippen molar-refractivity contribution in [1.82, 2.24) is 4.98 Å². The van der Waals surface area contributed by atoms with Gasteiger partial charge in [-0.3, -0.25) is 0 Å². The molecule has 0 saturated heterocycles. The highest BCUT2D eigenvalue weighted by Crippen LogP contribution is 2.33. The lowest BCUT2D eigenvalue weighted by Crippen LogP contribution is -2.02. The van der Waals surface area contributed by atoms with E-state index in [1.54, 1.807) is 25.3 Å². The molecule has 4 nitrogen and oxygen atoms in total. The minimum atomic E-state index is -1.02. The van der Waals surface area contributed by atoms with Crippen LogP contribution in [-0.4, -0.2) is 23.2 Å². The van der Waals surface area contributed by atoms with Crippen LogP contribution in [0.25, 0.3) is 22.2 Å². The zero-order valence-electron chi connectivity index (χ0n) is 12.6. The maximum Gasteiger partial charge on any atom is 0.336 e. The van der Waals surface area contributed by atoms with Crippen LogP contribution in [0.5, 0.6) is 5.75 Å². The van der Waals surface area contributed by atoms with Crippen molar-refractivity contribution in [2.45, 2.75) is 6.92 Å². The Morgan fingerprint density at radius 3 is 2.65 bits per heavy atom. The molecule has 0 atom stereocenters. The third-order valence-corrected chi connectivity index (χ3v) is 3.90. The molecular formula is C18H14ClNO3. The molecule has 0 aliphatic heterocycles. The molecule has 0 unspecified atom stereocenters. The van der Waals surface area contributed by atoms with E-state index in [0.29, 0.717) is 27.4 Å². The van der Waals surface area contributed by atoms with Gasteiger partial charge in [-0.1, -0.05) is 23.7 Å². The highest BCUT2D eigenvalue weighted by atomic mass is 35.5. The average Bonchev–Trinajstić information content (AvgIpc) is 2.53. The molecule has 0 fully saturated rings. The summed E-state index contributed by atoms with van der Waals surface area (Å²) < 4.78 is 5.35. The number of hydrogen-bond acceptors (Lipinski definition) is 3. The number of pyridine rings is 1. The number of hydrogen-bond donors (Lipinski definition) is 1. The van der Waals surface area contributed by atoms with E-state index in [9.17, 15) is 9.90 Å². The minimum absolute atomic E-state index is 0.168. The number of para-hydroxylation sites is 1. The van der Waals surface area contributed by atoms with Gasteiger partial charge in [-0.25, -0.2) is 9.78 Å². The van der Waals surface area contributed by atoms with Gasteiger partial charge in [-0.15, -0.1) is 0 Å². The third-order valence-electron chi connectivity index (χ3n) is 3.68. The van der Waals surface area contributed by atoms with Gasteiger partial charge in [0.25, 0.3) is 0 Å². The second kappa shape index (κ2) is 5.89. The van der Waals surface area contributed by atoms with E-state index in [0.717, 1.165) is 11.1 Å². The number of carboxylic acid groups (broad SMARTS) is 1. The maximum atomic E-state index is 11.7. The van der Waals surface area contributed by atoms with Crippen LogP contribution in [0.15, 0.2) is 42.5 Å². The number of carbonyl (C=O) groups is 1. The molecular weight excluding hydrogens is 314 g/mol. The molecule has 23 heavy (non-hydrogen) atoms. The zero-order valence-corrected chi connectivity index (χ0v) is 13.4. The third kappa shape index (κ3) is 2.73. The Morgan fingerprint density at radius 2 is 1.96 bits per heavy atom. The summed E-state index contributed by atoms with van der Waals surface area (Å²) in [5, 5.41) is 10.6. The number of fused-ring (bicyclic) bond motifs is 1. The Kier molecular flexibility index (Phi) is 3.92. The van der Waals surface area contributed by atoms with Crippen molar-refractivity contribution in [3.63, 3.8) is 0 Å². The second-order valence-electron chi connectivity index (χ2n) is 5.18. The van der Waals surface area contributed by atoms with Crippen molar-refractivity contribution in [1.29, 1.82) is 0 Å². The van der Waals surface area contributed by atoms with E-state index in [2.05, 4.69) is 4.98 Å². The molecule has 0 spiro atoms. The maximum absolute atomic E-state index is 11.7. The predicted molar refractivity (Wildman–Crippen MR) is 90.4 cm³/mol. The first-order valence-electron chi connectivity index (χ1n) is 6.99. The molecule has 1 N–H and O–H groups in total. The van der Waals surface area contributed by atoms with Crippen LogP contribution in [0.4, 0.5) is 0 Å². The topological polar surface area (TPSA) is 59.4 Å². The molecule has 3 rings (SSSR count). The Labute approximate surface area is 138 Å². The largest absolute Gasteiger partial charge is 0.496 e. The first-order valence-corrected chi connectivity index (χ1v) is 7.36. The number of halogens is 1. The first-order chi connectivity index (χ1) is 11.0. The minimum Gasteiger partial charge on any atom is -0.496 e. The van der Waals surface area contributed by atoms with Crippen LogP contribution in [0.1, 0.15) is 15.9 Å². The number of benzene rings is 2. The summed E-state index contributed by atoms with van der Waals surface area (Å²) in [6.45, 7) is 1.86. The van der Waals surface area contributed by atoms with Gasteiger partial charge in [0.15, 0.2) is 0 Å². The summed E-state index contributed by atoms with van der Waals surface area (Å²) in [5.74, 6) is -0.377. The molecule has 116 valence electrons. The highest BCUT2D eigenvalue weighted by Gasteiger charge is 2.16. The number of methoxy groups -OCH3 is 1. The van der Waals surface area contributed by atoms with Crippen molar-refractivity contribution in [3.8, 4) is 17.0 Å². The number of carboxylic acids is 1. The predicted octanol–water partition coefficient (Wildman–Crippen LogP) is 4.57. The summed E-state index contributed by atoms with van der Waals surface area (Å²) in [7, 11) is 1.57. The Balaban J connectivity index is 2.38. The van der Waals surface area contributed by atoms with Gasteiger partial charge in [0, 0.05) is 16.0 Å². The van der Waals surface area contributed by atoms with E-state index in [4.69, 9.17) is 16.3 Å². The van der Waals surface area contributed by atoms with Crippen LogP contribution in [0, 0.1) is 6.92 Å². The normalized spacial score (nSPS) is 10.7. The quantitative estimate of drug-likeness (QED) is 0.765. The monoisotopic (exact) mass is 327 g/mol. The van der Waals surface area contributed by atoms with Gasteiger partial charge < -0.3 is 9.84 Å². The second-order valence-corrected chi connectivity index (χ2v) is 5.62. The molecule has 2 aromatic carbocycles. The SMILES string of the molecule is COc1ccccc1-c1cc(C(=O)O)c2cc(Cl)cc(C)c2n1. The van der Waals surface area contributed by atoms with E-state index in [1.165, 1.54) is 0 Å². The number of aromatic carboxylic acids is 1. The number of aryl methyl sites for hydroxylation is 1. The average molecular weight is 328 g/mol. The van der Waals surface area contributed by atoms with Crippen LogP contribution >= 0.6 is 11.6 Å². The Bertz CT molecular complexity index is 922. The summed E-state index contributed by atoms with van der Waals surface area (Å²) in [6.07, 6.45) is 0. The lowest BCUT2D eigenvalue weighted by atomic mass is 10.0. The van der Waals surface area contributed by atoms with Crippen molar-refractivity contribution < 1.29 is 14.6 Å². The summed E-state index contributed by atoms with van der Waals surface area (Å²) in [5.41, 5.74) is 2.91. The molecule has 0 amide bonds. The van der Waals surface area contributed by atoms with Gasteiger partial charge in [0.1, 0.15) is 5.75 Å².